The van der Waals surface area contributed by atoms with Gasteiger partial charge in [-0.2, -0.15) is 0 Å². The lowest BCUT2D eigenvalue weighted by molar-refractivity contribution is -0.125. The Labute approximate surface area is 155 Å². The molecule has 0 saturated heterocycles. The zero-order chi connectivity index (χ0) is 18.5. The Morgan fingerprint density at radius 2 is 1.96 bits per heavy atom. The lowest BCUT2D eigenvalue weighted by atomic mass is 9.82. The number of carbonyl (C=O) groups is 1. The van der Waals surface area contributed by atoms with E-state index in [0.29, 0.717) is 24.5 Å². The van der Waals surface area contributed by atoms with Crippen LogP contribution in [0.2, 0.25) is 0 Å². The minimum absolute atomic E-state index is 0.160. The molecule has 0 aromatic carbocycles. The average molecular weight is 364 g/mol. The van der Waals surface area contributed by atoms with Crippen LogP contribution in [0.3, 0.4) is 0 Å². The van der Waals surface area contributed by atoms with Crippen LogP contribution >= 0.6 is 0 Å². The van der Waals surface area contributed by atoms with Gasteiger partial charge >= 0.3 is 0 Å². The summed E-state index contributed by atoms with van der Waals surface area (Å²) in [4.78, 5) is 12.6. The summed E-state index contributed by atoms with van der Waals surface area (Å²) in [5.41, 5.74) is 6.02. The van der Waals surface area contributed by atoms with E-state index < -0.39 is 24.3 Å². The first-order chi connectivity index (χ1) is 12.5. The Kier molecular flexibility index (Phi) is 6.73. The van der Waals surface area contributed by atoms with Crippen LogP contribution in [0.4, 0.5) is 0 Å². The van der Waals surface area contributed by atoms with Crippen molar-refractivity contribution in [2.75, 3.05) is 0 Å². The van der Waals surface area contributed by atoms with Gasteiger partial charge in [-0.15, -0.1) is 0 Å². The number of nitrogens with one attached hydrogen (secondary N) is 1. The standard InChI is InChI=1S/C20H32N2O4/c21-16(12-15-7-4-10-26-15)20(25)22-17(11-13-5-2-1-3-6-13)19(24)18(23)14-8-9-14/h4,7,10,13-14,16-19,23-24H,1-3,5-6,8-9,11-12,21H2,(H,22,25)/t16-,17-,18-,19+/m0/s1. The second kappa shape index (κ2) is 9.02. The Balaban J connectivity index is 1.60. The maximum absolute atomic E-state index is 12.6. The van der Waals surface area contributed by atoms with E-state index >= 15 is 0 Å². The number of hydrogen-bond acceptors (Lipinski definition) is 5. The molecule has 2 aliphatic rings. The van der Waals surface area contributed by atoms with Crippen LogP contribution < -0.4 is 11.1 Å². The van der Waals surface area contributed by atoms with Crippen molar-refractivity contribution in [1.82, 2.24) is 5.32 Å². The number of aliphatic hydroxyl groups is 2. The predicted octanol–water partition coefficient (Wildman–Crippen LogP) is 1.74. The molecule has 1 aromatic heterocycles. The molecule has 6 heteroatoms. The summed E-state index contributed by atoms with van der Waals surface area (Å²) in [5.74, 6) is 1.00. The Morgan fingerprint density at radius 3 is 2.58 bits per heavy atom. The maximum Gasteiger partial charge on any atom is 0.237 e. The van der Waals surface area contributed by atoms with Crippen molar-refractivity contribution in [2.45, 2.75) is 82.1 Å². The van der Waals surface area contributed by atoms with E-state index in [9.17, 15) is 15.0 Å². The van der Waals surface area contributed by atoms with Crippen molar-refractivity contribution in [2.24, 2.45) is 17.6 Å². The van der Waals surface area contributed by atoms with Gasteiger partial charge in [-0.25, -0.2) is 0 Å². The van der Waals surface area contributed by atoms with Crippen molar-refractivity contribution >= 4 is 5.91 Å². The zero-order valence-corrected chi connectivity index (χ0v) is 15.3. The predicted molar refractivity (Wildman–Crippen MR) is 98.2 cm³/mol. The maximum atomic E-state index is 12.6. The van der Waals surface area contributed by atoms with Crippen LogP contribution in [0.1, 0.15) is 57.1 Å². The van der Waals surface area contributed by atoms with Gasteiger partial charge in [0, 0.05) is 6.42 Å². The molecular formula is C20H32N2O4. The van der Waals surface area contributed by atoms with E-state index in [0.717, 1.165) is 25.7 Å². The molecule has 146 valence electrons. The van der Waals surface area contributed by atoms with E-state index in [2.05, 4.69) is 5.32 Å². The lowest BCUT2D eigenvalue weighted by Gasteiger charge is -2.33. The third kappa shape index (κ3) is 5.32. The molecule has 1 amide bonds. The van der Waals surface area contributed by atoms with Gasteiger partial charge in [0.25, 0.3) is 0 Å². The summed E-state index contributed by atoms with van der Waals surface area (Å²) >= 11 is 0. The van der Waals surface area contributed by atoms with Gasteiger partial charge in [0.1, 0.15) is 11.9 Å². The van der Waals surface area contributed by atoms with Gasteiger partial charge in [-0.3, -0.25) is 4.79 Å². The van der Waals surface area contributed by atoms with Gasteiger partial charge < -0.3 is 25.7 Å². The van der Waals surface area contributed by atoms with Crippen LogP contribution in [-0.4, -0.2) is 40.4 Å². The van der Waals surface area contributed by atoms with Gasteiger partial charge in [-0.05, 0) is 43.2 Å². The van der Waals surface area contributed by atoms with Crippen molar-refractivity contribution in [3.8, 4) is 0 Å². The summed E-state index contributed by atoms with van der Waals surface area (Å²) in [6.45, 7) is 0. The highest BCUT2D eigenvalue weighted by molar-refractivity contribution is 5.82. The molecule has 0 spiro atoms. The number of nitrogens with two attached hydrogens (primary N) is 1. The van der Waals surface area contributed by atoms with Crippen LogP contribution in [0.25, 0.3) is 0 Å². The minimum Gasteiger partial charge on any atom is -0.469 e. The molecular weight excluding hydrogens is 332 g/mol. The molecule has 2 aliphatic carbocycles. The molecule has 26 heavy (non-hydrogen) atoms. The average Bonchev–Trinajstić information content (AvgIpc) is 3.38. The van der Waals surface area contributed by atoms with Crippen molar-refractivity contribution in [3.05, 3.63) is 24.2 Å². The Hall–Kier alpha value is -1.37. The summed E-state index contributed by atoms with van der Waals surface area (Å²) in [5, 5.41) is 24.0. The number of carbonyl (C=O) groups excluding carboxylic acids is 1. The highest BCUT2D eigenvalue weighted by atomic mass is 16.3. The summed E-state index contributed by atoms with van der Waals surface area (Å²) in [6.07, 6.45) is 8.65. The highest BCUT2D eigenvalue weighted by Gasteiger charge is 2.39. The number of rotatable bonds is 9. The highest BCUT2D eigenvalue weighted by Crippen LogP contribution is 2.36. The second-order valence-electron chi connectivity index (χ2n) is 8.06. The molecule has 0 aliphatic heterocycles. The summed E-state index contributed by atoms with van der Waals surface area (Å²) < 4.78 is 5.26. The smallest absolute Gasteiger partial charge is 0.237 e. The van der Waals surface area contributed by atoms with Crippen LogP contribution in [-0.2, 0) is 11.2 Å². The van der Waals surface area contributed by atoms with Crippen molar-refractivity contribution in [1.29, 1.82) is 0 Å². The van der Waals surface area contributed by atoms with E-state index in [1.807, 2.05) is 0 Å². The second-order valence-corrected chi connectivity index (χ2v) is 8.06. The SMILES string of the molecule is N[C@@H](Cc1ccco1)C(=O)N[C@@H](CC1CCCCC1)[C@@H](O)[C@@H](O)C1CC1. The van der Waals surface area contributed by atoms with Crippen molar-refractivity contribution in [3.63, 3.8) is 0 Å². The van der Waals surface area contributed by atoms with Gasteiger partial charge in [0.05, 0.1) is 24.5 Å². The molecule has 4 atom stereocenters. The lowest BCUT2D eigenvalue weighted by Crippen LogP contribution is -2.54. The first kappa shape index (κ1) is 19.4. The number of hydrogen-bond donors (Lipinski definition) is 4. The Morgan fingerprint density at radius 1 is 1.23 bits per heavy atom. The summed E-state index contributed by atoms with van der Waals surface area (Å²) in [6, 6.07) is 2.36. The van der Waals surface area contributed by atoms with E-state index in [4.69, 9.17) is 10.2 Å². The molecule has 1 heterocycles. The molecule has 0 bridgehead atoms. The third-order valence-corrected chi connectivity index (χ3v) is 5.84. The van der Waals surface area contributed by atoms with E-state index in [1.165, 1.54) is 19.3 Å². The molecule has 2 saturated carbocycles. The van der Waals surface area contributed by atoms with Gasteiger partial charge in [-0.1, -0.05) is 32.1 Å². The molecule has 3 rings (SSSR count). The number of aliphatic hydroxyl groups excluding tert-OH is 2. The monoisotopic (exact) mass is 364 g/mol. The van der Waals surface area contributed by atoms with E-state index in [1.54, 1.807) is 18.4 Å². The fourth-order valence-electron chi connectivity index (χ4n) is 4.05. The quantitative estimate of drug-likeness (QED) is 0.534. The van der Waals surface area contributed by atoms with Crippen LogP contribution in [0.15, 0.2) is 22.8 Å². The normalized spacial score (nSPS) is 23.2. The zero-order valence-electron chi connectivity index (χ0n) is 15.3. The van der Waals surface area contributed by atoms with Crippen LogP contribution in [0, 0.1) is 11.8 Å². The largest absolute Gasteiger partial charge is 0.469 e. The molecule has 5 N–H and O–H groups in total. The fraction of sp³-hybridized carbons (Fsp3) is 0.750. The van der Waals surface area contributed by atoms with Crippen LogP contribution in [0.5, 0.6) is 0 Å². The van der Waals surface area contributed by atoms with Gasteiger partial charge in [0.15, 0.2) is 0 Å². The molecule has 0 unspecified atom stereocenters. The fourth-order valence-corrected chi connectivity index (χ4v) is 4.05. The number of furan rings is 1. The topological polar surface area (TPSA) is 109 Å². The Bertz CT molecular complexity index is 552. The van der Waals surface area contributed by atoms with Gasteiger partial charge in [0.2, 0.25) is 5.91 Å². The first-order valence-corrected chi connectivity index (χ1v) is 9.99. The molecule has 2 fully saturated rings. The number of amides is 1. The molecule has 0 radical (unpaired) electrons. The van der Waals surface area contributed by atoms with E-state index in [-0.39, 0.29) is 11.8 Å². The minimum atomic E-state index is -0.941. The molecule has 1 aromatic rings. The molecule has 6 nitrogen and oxygen atoms in total. The van der Waals surface area contributed by atoms with Crippen molar-refractivity contribution < 1.29 is 19.4 Å². The third-order valence-electron chi connectivity index (χ3n) is 5.84. The first-order valence-electron chi connectivity index (χ1n) is 9.99. The summed E-state index contributed by atoms with van der Waals surface area (Å²) in [7, 11) is 0.